The van der Waals surface area contributed by atoms with Crippen molar-refractivity contribution in [2.24, 2.45) is 11.3 Å². The summed E-state index contributed by atoms with van der Waals surface area (Å²) in [7, 11) is 0. The van der Waals surface area contributed by atoms with Crippen LogP contribution >= 0.6 is 0 Å². The molecular weight excluding hydrogens is 428 g/mol. The number of aryl methyl sites for hydroxylation is 3. The van der Waals surface area contributed by atoms with E-state index in [4.69, 9.17) is 0 Å². The van der Waals surface area contributed by atoms with Crippen molar-refractivity contribution in [1.82, 2.24) is 25.3 Å². The Hall–Kier alpha value is -3.42. The molecule has 1 fully saturated rings. The highest BCUT2D eigenvalue weighted by atomic mass is 16.2. The molecule has 2 aromatic heterocycles. The topological polar surface area (TPSA) is 105 Å². The summed E-state index contributed by atoms with van der Waals surface area (Å²) in [5.41, 5.74) is 5.46. The third-order valence-electron chi connectivity index (χ3n) is 6.87. The zero-order valence-corrected chi connectivity index (χ0v) is 20.6. The van der Waals surface area contributed by atoms with E-state index in [-0.39, 0.29) is 23.1 Å². The number of aromatic amines is 1. The highest BCUT2D eigenvalue weighted by Gasteiger charge is 2.41. The van der Waals surface area contributed by atoms with Gasteiger partial charge in [0.05, 0.1) is 5.69 Å². The summed E-state index contributed by atoms with van der Waals surface area (Å²) < 4.78 is 1.63. The molecule has 0 saturated heterocycles. The van der Waals surface area contributed by atoms with Gasteiger partial charge in [0.15, 0.2) is 0 Å². The number of hydrogen-bond donors (Lipinski definition) is 3. The molecule has 0 spiro atoms. The van der Waals surface area contributed by atoms with Crippen molar-refractivity contribution in [1.29, 1.82) is 0 Å². The molecule has 2 amide bonds. The van der Waals surface area contributed by atoms with E-state index >= 15 is 0 Å². The van der Waals surface area contributed by atoms with Gasteiger partial charge in [-0.1, -0.05) is 26.0 Å². The number of anilines is 1. The van der Waals surface area contributed by atoms with Crippen molar-refractivity contribution in [3.8, 4) is 11.1 Å². The summed E-state index contributed by atoms with van der Waals surface area (Å²) in [5.74, 6) is -0.505. The Morgan fingerprint density at radius 1 is 1.18 bits per heavy atom. The molecule has 8 nitrogen and oxygen atoms in total. The molecular formula is C26H34N6O2. The van der Waals surface area contributed by atoms with Crippen molar-refractivity contribution in [3.63, 3.8) is 0 Å². The largest absolute Gasteiger partial charge is 0.339 e. The molecule has 2 heterocycles. The Morgan fingerprint density at radius 2 is 1.88 bits per heavy atom. The Balaban J connectivity index is 1.51. The number of nitrogens with zero attached hydrogens (tertiary/aromatic N) is 3. The zero-order chi connectivity index (χ0) is 24.5. The molecule has 1 aliphatic rings. The molecule has 3 N–H and O–H groups in total. The number of carbonyl (C=O) groups excluding carboxylic acids is 2. The Bertz CT molecular complexity index is 1150. The van der Waals surface area contributed by atoms with Crippen LogP contribution < -0.4 is 10.6 Å². The van der Waals surface area contributed by atoms with E-state index in [1.165, 1.54) is 0 Å². The molecule has 2 unspecified atom stereocenters. The van der Waals surface area contributed by atoms with Crippen LogP contribution in [0.25, 0.3) is 11.1 Å². The van der Waals surface area contributed by atoms with Gasteiger partial charge in [0.2, 0.25) is 5.91 Å². The minimum atomic E-state index is -0.650. The summed E-state index contributed by atoms with van der Waals surface area (Å²) in [6.45, 7) is 10.8. The highest BCUT2D eigenvalue weighted by molar-refractivity contribution is 6.00. The maximum absolute atomic E-state index is 13.4. The maximum atomic E-state index is 13.4. The number of hydrogen-bond acceptors (Lipinski definition) is 4. The van der Waals surface area contributed by atoms with E-state index in [9.17, 15) is 9.59 Å². The van der Waals surface area contributed by atoms with E-state index in [0.29, 0.717) is 17.9 Å². The number of H-pyrrole nitrogens is 1. The summed E-state index contributed by atoms with van der Waals surface area (Å²) in [4.78, 5) is 26.4. The summed E-state index contributed by atoms with van der Waals surface area (Å²) in [5, 5.41) is 17.4. The lowest BCUT2D eigenvalue weighted by Crippen LogP contribution is -2.48. The van der Waals surface area contributed by atoms with Gasteiger partial charge in [-0.2, -0.15) is 10.2 Å². The summed E-state index contributed by atoms with van der Waals surface area (Å²) in [6, 6.07) is 8.75. The monoisotopic (exact) mass is 462 g/mol. The first-order valence-electron chi connectivity index (χ1n) is 12.0. The van der Waals surface area contributed by atoms with E-state index in [0.717, 1.165) is 41.8 Å². The van der Waals surface area contributed by atoms with Gasteiger partial charge in [0.1, 0.15) is 11.7 Å². The van der Waals surface area contributed by atoms with Gasteiger partial charge in [-0.3, -0.25) is 19.4 Å². The first-order chi connectivity index (χ1) is 16.2. The molecule has 3 aromatic rings. The molecule has 180 valence electrons. The van der Waals surface area contributed by atoms with E-state index in [1.54, 1.807) is 16.9 Å². The zero-order valence-electron chi connectivity index (χ0n) is 20.6. The van der Waals surface area contributed by atoms with Crippen LogP contribution in [-0.4, -0.2) is 37.8 Å². The van der Waals surface area contributed by atoms with E-state index in [1.807, 2.05) is 52.0 Å². The molecule has 0 aliphatic heterocycles. The van der Waals surface area contributed by atoms with Gasteiger partial charge in [0.25, 0.3) is 5.91 Å². The minimum absolute atomic E-state index is 0.00930. The maximum Gasteiger partial charge on any atom is 0.270 e. The molecule has 1 aromatic carbocycles. The number of benzene rings is 1. The lowest BCUT2D eigenvalue weighted by atomic mass is 9.88. The van der Waals surface area contributed by atoms with Crippen molar-refractivity contribution < 1.29 is 9.59 Å². The van der Waals surface area contributed by atoms with Crippen molar-refractivity contribution >= 4 is 17.5 Å². The van der Waals surface area contributed by atoms with Gasteiger partial charge < -0.3 is 10.6 Å². The Kier molecular flexibility index (Phi) is 6.59. The second kappa shape index (κ2) is 9.44. The van der Waals surface area contributed by atoms with Crippen LogP contribution in [0.4, 0.5) is 5.69 Å². The van der Waals surface area contributed by atoms with Gasteiger partial charge in [0, 0.05) is 29.7 Å². The van der Waals surface area contributed by atoms with Crippen LogP contribution in [0.5, 0.6) is 0 Å². The van der Waals surface area contributed by atoms with Crippen LogP contribution in [-0.2, 0) is 11.3 Å². The second-order valence-electron chi connectivity index (χ2n) is 9.85. The second-order valence-corrected chi connectivity index (χ2v) is 9.85. The third-order valence-corrected chi connectivity index (χ3v) is 6.87. The average molecular weight is 463 g/mol. The van der Waals surface area contributed by atoms with Crippen molar-refractivity contribution in [2.75, 3.05) is 5.32 Å². The first kappa shape index (κ1) is 23.7. The Labute approximate surface area is 200 Å². The lowest BCUT2D eigenvalue weighted by Gasteiger charge is -2.26. The van der Waals surface area contributed by atoms with Gasteiger partial charge in [-0.15, -0.1) is 0 Å². The van der Waals surface area contributed by atoms with Gasteiger partial charge in [-0.25, -0.2) is 0 Å². The number of nitrogens with one attached hydrogen (secondary N) is 3. The van der Waals surface area contributed by atoms with Gasteiger partial charge in [-0.05, 0) is 75.1 Å². The Morgan fingerprint density at radius 3 is 2.47 bits per heavy atom. The highest BCUT2D eigenvalue weighted by Crippen LogP contribution is 2.50. The predicted molar refractivity (Wildman–Crippen MR) is 132 cm³/mol. The molecule has 34 heavy (non-hydrogen) atoms. The molecule has 4 rings (SSSR count). The standard InChI is InChI=1S/C26H34N6O2/c1-6-32-21(11-14-27-32)24(33)29-23(16(2)15-26(5)12-13-26)25(34)28-20-9-7-19(8-10-20)22-17(3)30-31-18(22)4/h7-11,14,16,23H,6,12-13,15H2,1-5H3,(H,28,34)(H,29,33)(H,30,31). The predicted octanol–water partition coefficient (Wildman–Crippen LogP) is 4.47. The summed E-state index contributed by atoms with van der Waals surface area (Å²) >= 11 is 0. The van der Waals surface area contributed by atoms with Crippen LogP contribution in [0, 0.1) is 25.2 Å². The van der Waals surface area contributed by atoms with Crippen LogP contribution in [0.3, 0.4) is 0 Å². The number of carbonyl (C=O) groups is 2. The summed E-state index contributed by atoms with van der Waals surface area (Å²) in [6.07, 6.45) is 4.82. The van der Waals surface area contributed by atoms with Crippen molar-refractivity contribution in [3.05, 3.63) is 53.6 Å². The lowest BCUT2D eigenvalue weighted by molar-refractivity contribution is -0.119. The molecule has 8 heteroatoms. The first-order valence-corrected chi connectivity index (χ1v) is 12.0. The van der Waals surface area contributed by atoms with E-state index < -0.39 is 6.04 Å². The quantitative estimate of drug-likeness (QED) is 0.436. The van der Waals surface area contributed by atoms with Crippen molar-refractivity contribution in [2.45, 2.75) is 66.5 Å². The number of aromatic nitrogens is 4. The normalized spacial score (nSPS) is 16.0. The van der Waals surface area contributed by atoms with Crippen LogP contribution in [0.15, 0.2) is 36.5 Å². The molecule has 1 aliphatic carbocycles. The fraction of sp³-hybridized carbons (Fsp3) is 0.462. The van der Waals surface area contributed by atoms with E-state index in [2.05, 4.69) is 32.9 Å². The molecule has 1 saturated carbocycles. The molecule has 0 radical (unpaired) electrons. The molecule has 0 bridgehead atoms. The smallest absolute Gasteiger partial charge is 0.270 e. The van der Waals surface area contributed by atoms with Crippen LogP contribution in [0.2, 0.25) is 0 Å². The fourth-order valence-corrected chi connectivity index (χ4v) is 4.69. The van der Waals surface area contributed by atoms with Crippen LogP contribution in [0.1, 0.15) is 61.9 Å². The minimum Gasteiger partial charge on any atom is -0.339 e. The van der Waals surface area contributed by atoms with Gasteiger partial charge >= 0.3 is 0 Å². The average Bonchev–Trinajstić information content (AvgIpc) is 3.20. The number of amides is 2. The molecule has 2 atom stereocenters. The SMILES string of the molecule is CCn1nccc1C(=O)NC(C(=O)Nc1ccc(-c2c(C)n[nH]c2C)cc1)C(C)CC1(C)CC1. The third kappa shape index (κ3) is 5.05. The number of rotatable bonds is 9. The fourth-order valence-electron chi connectivity index (χ4n) is 4.69.